The van der Waals surface area contributed by atoms with Crippen molar-refractivity contribution in [3.05, 3.63) is 54.1 Å². The number of guanidine groups is 2. The van der Waals surface area contributed by atoms with Crippen LogP contribution in [0.15, 0.2) is 48.4 Å². The zero-order valence-corrected chi connectivity index (χ0v) is 34.9. The van der Waals surface area contributed by atoms with Gasteiger partial charge in [0.1, 0.15) is 35.2 Å². The Labute approximate surface area is 353 Å². The number of hydrogen-bond acceptors (Lipinski definition) is 15. The third-order valence-corrected chi connectivity index (χ3v) is 9.70. The van der Waals surface area contributed by atoms with Crippen molar-refractivity contribution in [2.75, 3.05) is 25.0 Å². The molecule has 0 aromatic carbocycles. The van der Waals surface area contributed by atoms with E-state index in [2.05, 4.69) is 34.9 Å². The number of aliphatic carboxylic acids is 2. The van der Waals surface area contributed by atoms with E-state index in [1.54, 1.807) is 17.8 Å². The van der Waals surface area contributed by atoms with Gasteiger partial charge in [0.25, 0.3) is 5.91 Å². The Bertz CT molecular complexity index is 2070. The number of nitrogens with two attached hydrogens (primary N) is 6. The van der Waals surface area contributed by atoms with Crippen molar-refractivity contribution in [2.45, 2.75) is 76.4 Å². The number of phosphoric acid groups is 1. The van der Waals surface area contributed by atoms with Crippen LogP contribution < -0.4 is 59.5 Å². The lowest BCUT2D eigenvalue weighted by Gasteiger charge is -2.34. The van der Waals surface area contributed by atoms with Gasteiger partial charge >= 0.3 is 23.9 Å². The number of carbonyl (C=O) groups excluding carboxylic acids is 1. The molecule has 25 nitrogen and oxygen atoms in total. The van der Waals surface area contributed by atoms with E-state index in [0.717, 1.165) is 17.5 Å². The van der Waals surface area contributed by atoms with Crippen LogP contribution in [-0.2, 0) is 30.1 Å². The van der Waals surface area contributed by atoms with E-state index in [0.29, 0.717) is 73.0 Å². The minimum atomic E-state index is -5.12. The van der Waals surface area contributed by atoms with E-state index in [9.17, 15) is 28.7 Å². The number of phosphoric ester groups is 1. The zero-order valence-electron chi connectivity index (χ0n) is 33.2. The van der Waals surface area contributed by atoms with Gasteiger partial charge in [0, 0.05) is 36.1 Å². The van der Waals surface area contributed by atoms with Crippen LogP contribution in [-0.4, -0.2) is 107 Å². The fraction of sp³-hybridized carbons (Fsp3) is 0.441. The van der Waals surface area contributed by atoms with Crippen molar-refractivity contribution in [3.63, 3.8) is 0 Å². The number of anilines is 1. The van der Waals surface area contributed by atoms with Crippen molar-refractivity contribution < 1.29 is 58.2 Å². The number of rotatable bonds is 20. The molecule has 0 unspecified atom stereocenters. The second-order valence-electron chi connectivity index (χ2n) is 13.2. The number of thiazole rings is 1. The minimum absolute atomic E-state index is 0.138. The molecular weight excluding hydrogens is 842 g/mol. The molecule has 5 rings (SSSR count). The predicted molar refractivity (Wildman–Crippen MR) is 217 cm³/mol. The van der Waals surface area contributed by atoms with Crippen LogP contribution in [0.25, 0.3) is 22.0 Å². The molecular formula is C34H52N15O10PS. The highest BCUT2D eigenvalue weighted by Gasteiger charge is 2.33. The highest BCUT2D eigenvalue weighted by atomic mass is 32.1. The summed E-state index contributed by atoms with van der Waals surface area (Å²) in [5, 5.41) is 30.4. The summed E-state index contributed by atoms with van der Waals surface area (Å²) in [7, 11) is -5.12. The fourth-order valence-corrected chi connectivity index (χ4v) is 6.25. The molecule has 4 heterocycles. The maximum absolute atomic E-state index is 13.1. The summed E-state index contributed by atoms with van der Waals surface area (Å²) in [5.41, 5.74) is 33.3. The Hall–Kier alpha value is -5.86. The molecule has 1 amide bonds. The van der Waals surface area contributed by atoms with Crippen molar-refractivity contribution in [1.29, 1.82) is 0 Å². The van der Waals surface area contributed by atoms with Crippen LogP contribution >= 0.6 is 19.2 Å². The summed E-state index contributed by atoms with van der Waals surface area (Å²) in [6, 6.07) is 4.06. The molecule has 1 aliphatic carbocycles. The first-order valence-corrected chi connectivity index (χ1v) is 21.0. The molecule has 2 atom stereocenters. The van der Waals surface area contributed by atoms with Crippen LogP contribution in [0, 0.1) is 0 Å². The highest BCUT2D eigenvalue weighted by molar-refractivity contribution is 7.43. The lowest BCUT2D eigenvalue weighted by Crippen LogP contribution is -2.78. The number of nitrogens with one attached hydrogen (secondary N) is 3. The van der Waals surface area contributed by atoms with Gasteiger partial charge in [0.2, 0.25) is 0 Å². The lowest BCUT2D eigenvalue weighted by atomic mass is 9.89. The number of hydrogen-bond donors (Lipinski definition) is 11. The number of aromatic nitrogens is 6. The summed E-state index contributed by atoms with van der Waals surface area (Å²) in [6.07, 6.45) is 10.4. The highest BCUT2D eigenvalue weighted by Crippen LogP contribution is 2.37. The van der Waals surface area contributed by atoms with E-state index < -0.39 is 44.5 Å². The van der Waals surface area contributed by atoms with Gasteiger partial charge in [-0.3, -0.25) is 57.0 Å². The first-order valence-electron chi connectivity index (χ1n) is 18.7. The third-order valence-electron chi connectivity index (χ3n) is 8.38. The number of pyridine rings is 1. The van der Waals surface area contributed by atoms with Crippen LogP contribution in [0.1, 0.15) is 62.0 Å². The smallest absolute Gasteiger partial charge is 0.338 e. The van der Waals surface area contributed by atoms with E-state index in [-0.39, 0.29) is 29.8 Å². The molecule has 0 aliphatic heterocycles. The molecule has 4 aromatic heterocycles. The molecule has 0 bridgehead atoms. The summed E-state index contributed by atoms with van der Waals surface area (Å²) in [5.74, 6) is -2.12. The summed E-state index contributed by atoms with van der Waals surface area (Å²) >= 11 is 1.22. The molecule has 27 heteroatoms. The van der Waals surface area contributed by atoms with Gasteiger partial charge in [-0.05, 0) is 57.6 Å². The monoisotopic (exact) mass is 893 g/mol. The van der Waals surface area contributed by atoms with Crippen molar-refractivity contribution in [2.24, 2.45) is 34.4 Å². The van der Waals surface area contributed by atoms with Gasteiger partial charge < -0.3 is 50.6 Å². The third kappa shape index (κ3) is 17.7. The van der Waals surface area contributed by atoms with Crippen molar-refractivity contribution >= 4 is 54.6 Å². The number of ether oxygens (including phenoxy) is 1. The quantitative estimate of drug-likeness (QED) is 0.0171. The fourth-order valence-electron chi connectivity index (χ4n) is 5.22. The van der Waals surface area contributed by atoms with Crippen LogP contribution in [0.4, 0.5) is 5.69 Å². The molecule has 61 heavy (non-hydrogen) atoms. The Kier molecular flexibility index (Phi) is 19.8. The summed E-state index contributed by atoms with van der Waals surface area (Å²) in [6.45, 7) is 3.19. The van der Waals surface area contributed by atoms with Gasteiger partial charge in [-0.2, -0.15) is 10.2 Å². The average Bonchev–Trinajstić information content (AvgIpc) is 3.96. The van der Waals surface area contributed by atoms with Gasteiger partial charge in [-0.25, -0.2) is 9.67 Å². The minimum Gasteiger partial charge on any atom is -0.790 e. The zero-order chi connectivity index (χ0) is 45.1. The van der Waals surface area contributed by atoms with Crippen molar-refractivity contribution in [3.8, 4) is 22.0 Å². The molecule has 1 saturated carbocycles. The Balaban J connectivity index is 0.000000340. The number of carboxylic acid groups (broad SMARTS) is 2. The average molecular weight is 894 g/mol. The molecule has 1 fully saturated rings. The van der Waals surface area contributed by atoms with E-state index in [1.165, 1.54) is 23.7 Å². The van der Waals surface area contributed by atoms with Crippen LogP contribution in [0.2, 0.25) is 0 Å². The molecule has 17 N–H and O–H groups in total. The van der Waals surface area contributed by atoms with Gasteiger partial charge in [-0.1, -0.05) is 6.07 Å². The maximum Gasteiger partial charge on any atom is 0.338 e. The number of amides is 1. The summed E-state index contributed by atoms with van der Waals surface area (Å²) in [4.78, 5) is 68.9. The maximum atomic E-state index is 13.1. The summed E-state index contributed by atoms with van der Waals surface area (Å²) < 4.78 is 23.5. The predicted octanol–water partition coefficient (Wildman–Crippen LogP) is -4.87. The van der Waals surface area contributed by atoms with E-state index >= 15 is 0 Å². The Morgan fingerprint density at radius 1 is 1.02 bits per heavy atom. The molecule has 0 spiro atoms. The first kappa shape index (κ1) is 49.5. The molecule has 4 aromatic rings. The van der Waals surface area contributed by atoms with Crippen molar-refractivity contribution in [1.82, 2.24) is 29.5 Å². The normalized spacial score (nSPS) is 15.4. The number of carboxylic acids is 2. The van der Waals surface area contributed by atoms with Gasteiger partial charge in [0.15, 0.2) is 0 Å². The Morgan fingerprint density at radius 3 is 2.16 bits per heavy atom. The van der Waals surface area contributed by atoms with E-state index in [4.69, 9.17) is 54.5 Å². The first-order chi connectivity index (χ1) is 28.9. The van der Waals surface area contributed by atoms with Gasteiger partial charge in [0.05, 0.1) is 50.6 Å². The van der Waals surface area contributed by atoms with Crippen LogP contribution in [0.5, 0.6) is 0 Å². The lowest BCUT2D eigenvalue weighted by molar-refractivity contribution is -0.460. The molecule has 1 aliphatic rings. The molecule has 0 saturated heterocycles. The number of carbonyl (C=O) groups is 3. The second-order valence-corrected chi connectivity index (χ2v) is 15.2. The Morgan fingerprint density at radius 2 is 1.64 bits per heavy atom. The second kappa shape index (κ2) is 24.4. The van der Waals surface area contributed by atoms with Gasteiger partial charge in [-0.15, -0.1) is 11.3 Å². The SMILES string of the molecule is CCOC1CC(n2cc(NC(=O)c3csc(-c4cnn(COP(=O)([O-])[O-])c4)n3)c(-c3ccccn3)n2)C1.NC(N)=[NH+]CCC[C@H](N)C(=O)O.NC(N)=[NH+]CCC[C@H](N)C(=O)O. The molecule has 0 radical (unpaired) electrons. The number of nitrogens with zero attached hydrogens (tertiary/aromatic N) is 6. The molecule has 334 valence electrons. The van der Waals surface area contributed by atoms with E-state index in [1.807, 2.05) is 29.8 Å². The topological polar surface area (TPSA) is 431 Å². The largest absolute Gasteiger partial charge is 0.790 e. The standard InChI is InChI=1S/C22H24N7O6PS.2C6H14N4O2/c1-2-34-16-7-15(8-16)29-11-18(20(27-29)17-5-3-4-6-23-17)25-21(30)19-12-37-22(26-19)14-9-24-28(10-14)13-35-36(31,32)33;2*7-4(5(11)12)2-1-3-10-6(8)9/h3-6,9-12,15-16H,2,7-8,13H2,1H3,(H,25,30)(H2,31,32,33);2*4H,1-3,7H2,(H,11,12)(H4,8,9,10)/t;2*4-/m.00/s1. The van der Waals surface area contributed by atoms with Crippen LogP contribution in [0.3, 0.4) is 0 Å².